The second-order valence-corrected chi connectivity index (χ2v) is 5.96. The molecule has 1 atom stereocenters. The molecule has 0 radical (unpaired) electrons. The number of aryl methyl sites for hydroxylation is 2. The first-order valence-corrected chi connectivity index (χ1v) is 7.12. The van der Waals surface area contributed by atoms with Gasteiger partial charge in [-0.25, -0.2) is 0 Å². The van der Waals surface area contributed by atoms with E-state index in [1.807, 2.05) is 6.92 Å². The fourth-order valence-corrected chi connectivity index (χ4v) is 3.21. The van der Waals surface area contributed by atoms with Crippen LogP contribution in [0.25, 0.3) is 0 Å². The number of carbonyl (C=O) groups is 2. The Morgan fingerprint density at radius 3 is 2.68 bits per heavy atom. The lowest BCUT2D eigenvalue weighted by Crippen LogP contribution is -2.44. The van der Waals surface area contributed by atoms with Crippen molar-refractivity contribution in [3.8, 4) is 0 Å². The Morgan fingerprint density at radius 1 is 1.53 bits per heavy atom. The van der Waals surface area contributed by atoms with Crippen LogP contribution in [-0.2, 0) is 23.1 Å². The lowest BCUT2D eigenvalue weighted by atomic mass is 9.70. The van der Waals surface area contributed by atoms with Crippen LogP contribution in [0.3, 0.4) is 0 Å². The van der Waals surface area contributed by atoms with E-state index in [0.717, 1.165) is 28.7 Å². The molecular weight excluding hydrogens is 312 g/mol. The Kier molecular flexibility index (Phi) is 3.80. The number of carbonyl (C=O) groups excluding carboxylic acids is 1. The number of hydrogen-bond donors (Lipinski definition) is 1. The number of ketones is 1. The van der Waals surface area contributed by atoms with E-state index in [1.54, 1.807) is 11.7 Å². The van der Waals surface area contributed by atoms with Crippen LogP contribution in [0.2, 0.25) is 0 Å². The van der Waals surface area contributed by atoms with Crippen molar-refractivity contribution >= 4 is 27.7 Å². The Labute approximate surface area is 120 Å². The van der Waals surface area contributed by atoms with Gasteiger partial charge in [-0.15, -0.1) is 0 Å². The molecule has 2 rings (SSSR count). The largest absolute Gasteiger partial charge is 0.480 e. The molecule has 1 aliphatic carbocycles. The summed E-state index contributed by atoms with van der Waals surface area (Å²) in [4.78, 5) is 23.8. The van der Waals surface area contributed by atoms with E-state index >= 15 is 0 Å². The number of aromatic nitrogens is 2. The molecule has 0 aromatic carbocycles. The molecule has 1 unspecified atom stereocenters. The van der Waals surface area contributed by atoms with Crippen LogP contribution in [0.15, 0.2) is 4.47 Å². The molecule has 1 heterocycles. The maximum absolute atomic E-state index is 12.2. The summed E-state index contributed by atoms with van der Waals surface area (Å²) in [7, 11) is 1.77. The molecule has 19 heavy (non-hydrogen) atoms. The molecule has 1 N–H and O–H groups in total. The fourth-order valence-electron chi connectivity index (χ4n) is 2.74. The average molecular weight is 329 g/mol. The van der Waals surface area contributed by atoms with Crippen molar-refractivity contribution in [3.63, 3.8) is 0 Å². The highest BCUT2D eigenvalue weighted by molar-refractivity contribution is 9.10. The molecule has 0 amide bonds. The minimum Gasteiger partial charge on any atom is -0.480 e. The lowest BCUT2D eigenvalue weighted by Gasteiger charge is -2.31. The number of carboxylic acids is 1. The zero-order valence-electron chi connectivity index (χ0n) is 11.1. The van der Waals surface area contributed by atoms with Crippen LogP contribution < -0.4 is 0 Å². The van der Waals surface area contributed by atoms with E-state index in [-0.39, 0.29) is 12.2 Å². The number of rotatable bonds is 3. The summed E-state index contributed by atoms with van der Waals surface area (Å²) in [5.41, 5.74) is 0.303. The second kappa shape index (κ2) is 5.07. The number of carboxylic acid groups (broad SMARTS) is 1. The number of hydrogen-bond acceptors (Lipinski definition) is 3. The SMILES string of the molecule is Cc1nn(C)c(CC2(C(=O)O)CCCCC2=O)c1Br. The van der Waals surface area contributed by atoms with Gasteiger partial charge in [0, 0.05) is 19.9 Å². The molecule has 0 spiro atoms. The minimum absolute atomic E-state index is 0.156. The van der Waals surface area contributed by atoms with Crippen molar-refractivity contribution in [3.05, 3.63) is 15.9 Å². The normalized spacial score (nSPS) is 23.6. The maximum Gasteiger partial charge on any atom is 0.317 e. The van der Waals surface area contributed by atoms with Gasteiger partial charge in [-0.3, -0.25) is 14.3 Å². The molecule has 1 aromatic rings. The quantitative estimate of drug-likeness (QED) is 0.864. The first-order valence-electron chi connectivity index (χ1n) is 6.33. The van der Waals surface area contributed by atoms with Gasteiger partial charge in [0.1, 0.15) is 5.41 Å². The molecule has 104 valence electrons. The zero-order valence-corrected chi connectivity index (χ0v) is 12.7. The van der Waals surface area contributed by atoms with Crippen LogP contribution in [0, 0.1) is 12.3 Å². The number of Topliss-reactive ketones (excluding diaryl/α,β-unsaturated/α-hetero) is 1. The summed E-state index contributed by atoms with van der Waals surface area (Å²) in [6.07, 6.45) is 2.56. The van der Waals surface area contributed by atoms with E-state index in [9.17, 15) is 14.7 Å². The number of nitrogens with zero attached hydrogens (tertiary/aromatic N) is 2. The van der Waals surface area contributed by atoms with Gasteiger partial charge in [0.15, 0.2) is 5.78 Å². The Bertz CT molecular complexity index is 538. The van der Waals surface area contributed by atoms with Gasteiger partial charge in [0.25, 0.3) is 0 Å². The summed E-state index contributed by atoms with van der Waals surface area (Å²) in [6.45, 7) is 1.85. The summed E-state index contributed by atoms with van der Waals surface area (Å²) in [5, 5.41) is 13.8. The van der Waals surface area contributed by atoms with Crippen LogP contribution in [0.4, 0.5) is 0 Å². The average Bonchev–Trinajstić information content (AvgIpc) is 2.58. The Morgan fingerprint density at radius 2 is 2.21 bits per heavy atom. The van der Waals surface area contributed by atoms with E-state index in [1.165, 1.54) is 0 Å². The third-order valence-corrected chi connectivity index (χ3v) is 4.96. The van der Waals surface area contributed by atoms with Gasteiger partial charge < -0.3 is 5.11 Å². The van der Waals surface area contributed by atoms with E-state index in [0.29, 0.717) is 12.8 Å². The zero-order chi connectivity index (χ0) is 14.2. The standard InChI is InChI=1S/C13H17BrN2O3/c1-8-11(14)9(16(2)15-8)7-13(12(18)19)6-4-3-5-10(13)17/h3-7H2,1-2H3,(H,18,19). The highest BCUT2D eigenvalue weighted by Crippen LogP contribution is 2.38. The molecule has 0 bridgehead atoms. The van der Waals surface area contributed by atoms with E-state index in [2.05, 4.69) is 21.0 Å². The molecule has 0 aliphatic heterocycles. The Hall–Kier alpha value is -1.17. The lowest BCUT2D eigenvalue weighted by molar-refractivity contribution is -0.157. The van der Waals surface area contributed by atoms with E-state index < -0.39 is 11.4 Å². The van der Waals surface area contributed by atoms with Crippen LogP contribution in [-0.4, -0.2) is 26.6 Å². The highest BCUT2D eigenvalue weighted by Gasteiger charge is 2.47. The van der Waals surface area contributed by atoms with Crippen LogP contribution in [0.1, 0.15) is 37.1 Å². The number of aliphatic carboxylic acids is 1. The van der Waals surface area contributed by atoms with Crippen molar-refractivity contribution in [2.75, 3.05) is 0 Å². The van der Waals surface area contributed by atoms with Gasteiger partial charge in [0.05, 0.1) is 15.9 Å². The summed E-state index contributed by atoms with van der Waals surface area (Å²) < 4.78 is 2.46. The highest BCUT2D eigenvalue weighted by atomic mass is 79.9. The molecule has 1 fully saturated rings. The fraction of sp³-hybridized carbons (Fsp3) is 0.615. The summed E-state index contributed by atoms with van der Waals surface area (Å²) >= 11 is 3.43. The third kappa shape index (κ3) is 2.33. The molecule has 1 aromatic heterocycles. The second-order valence-electron chi connectivity index (χ2n) is 5.16. The van der Waals surface area contributed by atoms with Crippen molar-refractivity contribution in [2.45, 2.75) is 39.0 Å². The molecule has 1 aliphatic rings. The van der Waals surface area contributed by atoms with Crippen molar-refractivity contribution in [1.29, 1.82) is 0 Å². The number of halogens is 1. The maximum atomic E-state index is 12.2. The van der Waals surface area contributed by atoms with Gasteiger partial charge in [-0.1, -0.05) is 6.42 Å². The van der Waals surface area contributed by atoms with Crippen LogP contribution >= 0.6 is 15.9 Å². The first kappa shape index (κ1) is 14.2. The van der Waals surface area contributed by atoms with Gasteiger partial charge in [0.2, 0.25) is 0 Å². The molecule has 6 heteroatoms. The minimum atomic E-state index is -1.28. The summed E-state index contributed by atoms with van der Waals surface area (Å²) in [5.74, 6) is -1.17. The van der Waals surface area contributed by atoms with Gasteiger partial charge in [-0.2, -0.15) is 5.10 Å². The van der Waals surface area contributed by atoms with Gasteiger partial charge >= 0.3 is 5.97 Å². The smallest absolute Gasteiger partial charge is 0.317 e. The predicted molar refractivity (Wildman–Crippen MR) is 72.9 cm³/mol. The molecular formula is C13H17BrN2O3. The Balaban J connectivity index is 2.41. The first-order chi connectivity index (χ1) is 8.88. The third-order valence-electron chi connectivity index (χ3n) is 3.93. The van der Waals surface area contributed by atoms with Crippen molar-refractivity contribution < 1.29 is 14.7 Å². The van der Waals surface area contributed by atoms with Crippen molar-refractivity contribution in [1.82, 2.24) is 9.78 Å². The molecule has 1 saturated carbocycles. The van der Waals surface area contributed by atoms with Crippen molar-refractivity contribution in [2.24, 2.45) is 12.5 Å². The topological polar surface area (TPSA) is 72.2 Å². The van der Waals surface area contributed by atoms with E-state index in [4.69, 9.17) is 0 Å². The molecule has 0 saturated heterocycles. The monoisotopic (exact) mass is 328 g/mol. The van der Waals surface area contributed by atoms with Gasteiger partial charge in [-0.05, 0) is 35.7 Å². The summed E-state index contributed by atoms with van der Waals surface area (Å²) in [6, 6.07) is 0. The molecule has 5 nitrogen and oxygen atoms in total. The predicted octanol–water partition coefficient (Wildman–Crippen LogP) is 2.25. The van der Waals surface area contributed by atoms with Crippen LogP contribution in [0.5, 0.6) is 0 Å².